The van der Waals surface area contributed by atoms with Crippen LogP contribution in [-0.4, -0.2) is 23.2 Å². The molecule has 6 heteroatoms. The number of nitriles is 1. The summed E-state index contributed by atoms with van der Waals surface area (Å²) in [4.78, 5) is 10.2. The number of rotatable bonds is 6. The number of aliphatic hydroxyl groups is 1. The number of nitrogens with zero attached hydrogens (tertiary/aromatic N) is 2. The summed E-state index contributed by atoms with van der Waals surface area (Å²) in [7, 11) is 0. The first kappa shape index (κ1) is 16.2. The molecule has 0 radical (unpaired) electrons. The Kier molecular flexibility index (Phi) is 5.45. The number of aliphatic hydroxyl groups excluding tert-OH is 1. The zero-order chi connectivity index (χ0) is 16.7. The predicted molar refractivity (Wildman–Crippen MR) is 85.6 cm³/mol. The molecule has 0 saturated carbocycles. The molecule has 6 nitrogen and oxygen atoms in total. The van der Waals surface area contributed by atoms with E-state index in [1.807, 2.05) is 6.07 Å². The number of benzene rings is 2. The molecule has 0 aliphatic rings. The van der Waals surface area contributed by atoms with Crippen LogP contribution in [0.4, 0.5) is 5.69 Å². The maximum Gasteiger partial charge on any atom is 0.269 e. The third-order valence-corrected chi connectivity index (χ3v) is 3.08. The Balaban J connectivity index is 2.36. The van der Waals surface area contributed by atoms with Crippen molar-refractivity contribution in [3.05, 3.63) is 69.8 Å². The fraction of sp³-hybridized carbons (Fsp3) is 0.118. The van der Waals surface area contributed by atoms with E-state index < -0.39 is 4.92 Å². The van der Waals surface area contributed by atoms with Crippen LogP contribution >= 0.6 is 0 Å². The van der Waals surface area contributed by atoms with Gasteiger partial charge in [-0.3, -0.25) is 10.1 Å². The first-order chi connectivity index (χ1) is 11.2. The Labute approximate surface area is 133 Å². The average Bonchev–Trinajstić information content (AvgIpc) is 2.58. The second kappa shape index (κ2) is 7.73. The summed E-state index contributed by atoms with van der Waals surface area (Å²) in [5, 5.41) is 28.9. The molecule has 0 atom stereocenters. The van der Waals surface area contributed by atoms with E-state index in [9.17, 15) is 15.4 Å². The topological polar surface area (TPSA) is 96.4 Å². The van der Waals surface area contributed by atoms with Crippen LogP contribution in [0.5, 0.6) is 5.75 Å². The van der Waals surface area contributed by atoms with Gasteiger partial charge in [0, 0.05) is 17.7 Å². The zero-order valence-electron chi connectivity index (χ0n) is 12.2. The molecule has 0 unspecified atom stereocenters. The number of hydrogen-bond acceptors (Lipinski definition) is 5. The van der Waals surface area contributed by atoms with Crippen molar-refractivity contribution in [2.24, 2.45) is 0 Å². The monoisotopic (exact) mass is 310 g/mol. The number of ether oxygens (including phenoxy) is 1. The highest BCUT2D eigenvalue weighted by Gasteiger charge is 2.08. The van der Waals surface area contributed by atoms with Crippen molar-refractivity contribution in [1.82, 2.24) is 0 Å². The molecule has 2 aromatic carbocycles. The maximum atomic E-state index is 10.7. The molecule has 0 heterocycles. The van der Waals surface area contributed by atoms with Gasteiger partial charge in [-0.05, 0) is 29.8 Å². The molecule has 116 valence electrons. The van der Waals surface area contributed by atoms with Crippen LogP contribution in [-0.2, 0) is 0 Å². The molecular formula is C17H14N2O4. The second-order valence-electron chi connectivity index (χ2n) is 4.58. The van der Waals surface area contributed by atoms with E-state index >= 15 is 0 Å². The summed E-state index contributed by atoms with van der Waals surface area (Å²) >= 11 is 0. The number of non-ortho nitro benzene ring substituents is 1. The molecule has 0 saturated heterocycles. The van der Waals surface area contributed by atoms with E-state index in [0.29, 0.717) is 22.4 Å². The van der Waals surface area contributed by atoms with Crippen LogP contribution in [0.3, 0.4) is 0 Å². The lowest BCUT2D eigenvalue weighted by atomic mass is 10.0. The number of nitro groups is 1. The molecule has 0 fully saturated rings. The minimum Gasteiger partial charge on any atom is -0.491 e. The van der Waals surface area contributed by atoms with Crippen molar-refractivity contribution in [2.75, 3.05) is 13.2 Å². The van der Waals surface area contributed by atoms with Gasteiger partial charge in [0.15, 0.2) is 0 Å². The highest BCUT2D eigenvalue weighted by Crippen LogP contribution is 2.25. The van der Waals surface area contributed by atoms with Crippen LogP contribution in [0, 0.1) is 21.4 Å². The molecule has 2 aromatic rings. The Bertz CT molecular complexity index is 761. The van der Waals surface area contributed by atoms with Crippen LogP contribution < -0.4 is 4.74 Å². The molecule has 23 heavy (non-hydrogen) atoms. The molecule has 0 spiro atoms. The summed E-state index contributed by atoms with van der Waals surface area (Å²) in [5.41, 5.74) is 1.60. The van der Waals surface area contributed by atoms with Gasteiger partial charge in [0.1, 0.15) is 12.4 Å². The Morgan fingerprint density at radius 2 is 1.96 bits per heavy atom. The third kappa shape index (κ3) is 4.15. The van der Waals surface area contributed by atoms with E-state index in [-0.39, 0.29) is 18.9 Å². The zero-order valence-corrected chi connectivity index (χ0v) is 12.2. The molecule has 2 rings (SSSR count). The largest absolute Gasteiger partial charge is 0.491 e. The van der Waals surface area contributed by atoms with Gasteiger partial charge in [-0.2, -0.15) is 5.26 Å². The predicted octanol–water partition coefficient (Wildman–Crippen LogP) is 3.03. The minimum atomic E-state index is -0.489. The third-order valence-electron chi connectivity index (χ3n) is 3.08. The van der Waals surface area contributed by atoms with Gasteiger partial charge in [-0.25, -0.2) is 0 Å². The van der Waals surface area contributed by atoms with E-state index in [1.54, 1.807) is 24.3 Å². The molecule has 1 N–H and O–H groups in total. The first-order valence-electron chi connectivity index (χ1n) is 6.85. The first-order valence-corrected chi connectivity index (χ1v) is 6.85. The fourth-order valence-corrected chi connectivity index (χ4v) is 1.99. The van der Waals surface area contributed by atoms with Crippen molar-refractivity contribution in [3.8, 4) is 11.8 Å². The van der Waals surface area contributed by atoms with Crippen LogP contribution in [0.1, 0.15) is 11.1 Å². The smallest absolute Gasteiger partial charge is 0.269 e. The molecule has 0 bridgehead atoms. The molecule has 0 aromatic heterocycles. The Morgan fingerprint density at radius 1 is 1.26 bits per heavy atom. The summed E-state index contributed by atoms with van der Waals surface area (Å²) in [5.74, 6) is 0.552. The minimum absolute atomic E-state index is 0.0299. The summed E-state index contributed by atoms with van der Waals surface area (Å²) < 4.78 is 5.42. The van der Waals surface area contributed by atoms with E-state index in [2.05, 4.69) is 6.07 Å². The quantitative estimate of drug-likeness (QED) is 0.383. The fourth-order valence-electron chi connectivity index (χ4n) is 1.99. The van der Waals surface area contributed by atoms with Crippen molar-refractivity contribution in [3.63, 3.8) is 0 Å². The number of para-hydroxylation sites is 1. The molecule has 0 amide bonds. The van der Waals surface area contributed by atoms with Crippen molar-refractivity contribution < 1.29 is 14.8 Å². The molecule has 0 aliphatic carbocycles. The highest BCUT2D eigenvalue weighted by atomic mass is 16.6. The molecular weight excluding hydrogens is 296 g/mol. The summed E-state index contributed by atoms with van der Waals surface area (Å²) in [6, 6.07) is 15.0. The maximum absolute atomic E-state index is 10.7. The van der Waals surface area contributed by atoms with Gasteiger partial charge < -0.3 is 9.84 Å². The second-order valence-corrected chi connectivity index (χ2v) is 4.58. The van der Waals surface area contributed by atoms with E-state index in [0.717, 1.165) is 0 Å². The number of hydrogen-bond donors (Lipinski definition) is 1. The van der Waals surface area contributed by atoms with Gasteiger partial charge in [0.2, 0.25) is 0 Å². The van der Waals surface area contributed by atoms with Crippen molar-refractivity contribution in [2.45, 2.75) is 0 Å². The van der Waals surface area contributed by atoms with Gasteiger partial charge in [0.25, 0.3) is 5.69 Å². The van der Waals surface area contributed by atoms with E-state index in [4.69, 9.17) is 9.84 Å². The SMILES string of the molecule is N#CC(=Cc1ccccc1OCCO)c1ccc([N+](=O)[O-])cc1. The standard InChI is InChI=1S/C17H14N2O4/c18-12-15(13-5-7-16(8-6-13)19(21)22)11-14-3-1-2-4-17(14)23-10-9-20/h1-8,11,20H,9-10H2. The highest BCUT2D eigenvalue weighted by molar-refractivity contribution is 5.90. The van der Waals surface area contributed by atoms with Crippen LogP contribution in [0.15, 0.2) is 48.5 Å². The summed E-state index contributed by atoms with van der Waals surface area (Å²) in [6.45, 7) is 0.0514. The van der Waals surface area contributed by atoms with Gasteiger partial charge in [-0.15, -0.1) is 0 Å². The van der Waals surface area contributed by atoms with Gasteiger partial charge >= 0.3 is 0 Å². The summed E-state index contributed by atoms with van der Waals surface area (Å²) in [6.07, 6.45) is 1.65. The number of allylic oxidation sites excluding steroid dienone is 1. The lowest BCUT2D eigenvalue weighted by molar-refractivity contribution is -0.384. The lowest BCUT2D eigenvalue weighted by Crippen LogP contribution is -2.02. The Hall–Kier alpha value is -3.17. The van der Waals surface area contributed by atoms with E-state index in [1.165, 1.54) is 24.3 Å². The van der Waals surface area contributed by atoms with Crippen LogP contribution in [0.2, 0.25) is 0 Å². The van der Waals surface area contributed by atoms with Crippen molar-refractivity contribution >= 4 is 17.3 Å². The average molecular weight is 310 g/mol. The lowest BCUT2D eigenvalue weighted by Gasteiger charge is -2.08. The van der Waals surface area contributed by atoms with Gasteiger partial charge in [0.05, 0.1) is 23.2 Å². The van der Waals surface area contributed by atoms with Gasteiger partial charge in [-0.1, -0.05) is 18.2 Å². The van der Waals surface area contributed by atoms with Crippen LogP contribution in [0.25, 0.3) is 11.6 Å². The Morgan fingerprint density at radius 3 is 2.57 bits per heavy atom. The van der Waals surface area contributed by atoms with Crippen molar-refractivity contribution in [1.29, 1.82) is 5.26 Å². The molecule has 0 aliphatic heterocycles. The number of nitro benzene ring substituents is 1. The normalized spacial score (nSPS) is 10.9.